The fraction of sp³-hybridized carbons (Fsp3) is 0.389. The van der Waals surface area contributed by atoms with Crippen LogP contribution >= 0.6 is 0 Å². The molecule has 1 N–H and O–H groups in total. The lowest BCUT2D eigenvalue weighted by Gasteiger charge is -2.27. The minimum absolute atomic E-state index is 0.152. The molecule has 0 bridgehead atoms. The van der Waals surface area contributed by atoms with E-state index in [0.29, 0.717) is 12.1 Å². The quantitative estimate of drug-likeness (QED) is 0.921. The molecule has 0 radical (unpaired) electrons. The third kappa shape index (κ3) is 3.67. The highest BCUT2D eigenvalue weighted by Crippen LogP contribution is 2.33. The number of hydrogen-bond donors (Lipinski definition) is 1. The Labute approximate surface area is 136 Å². The third-order valence-corrected chi connectivity index (χ3v) is 4.05. The average Bonchev–Trinajstić information content (AvgIpc) is 2.85. The Bertz CT molecular complexity index is 744. The summed E-state index contributed by atoms with van der Waals surface area (Å²) in [4.78, 5) is 27.8. The SMILES string of the molecule is CC(=O)CC(C)(C)c1cccc(NC(=O)c2cncn2C)c1C. The van der Waals surface area contributed by atoms with E-state index in [4.69, 9.17) is 0 Å². The van der Waals surface area contributed by atoms with Crippen molar-refractivity contribution in [2.75, 3.05) is 5.32 Å². The van der Waals surface area contributed by atoms with Crippen molar-refractivity contribution in [2.45, 2.75) is 39.5 Å². The number of benzene rings is 1. The van der Waals surface area contributed by atoms with Gasteiger partial charge in [0.05, 0.1) is 12.5 Å². The number of nitrogens with zero attached hydrogens (tertiary/aromatic N) is 2. The summed E-state index contributed by atoms with van der Waals surface area (Å²) in [6, 6.07) is 5.79. The van der Waals surface area contributed by atoms with Crippen molar-refractivity contribution in [3.63, 3.8) is 0 Å². The van der Waals surface area contributed by atoms with Crippen molar-refractivity contribution in [3.8, 4) is 0 Å². The van der Waals surface area contributed by atoms with E-state index in [1.165, 1.54) is 6.20 Å². The first-order chi connectivity index (χ1) is 10.7. The minimum Gasteiger partial charge on any atom is -0.330 e. The van der Waals surface area contributed by atoms with E-state index in [1.807, 2.05) is 39.0 Å². The largest absolute Gasteiger partial charge is 0.330 e. The van der Waals surface area contributed by atoms with Gasteiger partial charge < -0.3 is 9.88 Å². The number of amides is 1. The standard InChI is InChI=1S/C18H23N3O2/c1-12(22)9-18(3,4)14-7-6-8-15(13(14)2)20-17(23)16-10-19-11-21(16)5/h6-8,10-11H,9H2,1-5H3,(H,20,23). The molecule has 5 heteroatoms. The lowest BCUT2D eigenvalue weighted by atomic mass is 9.78. The van der Waals surface area contributed by atoms with Crippen molar-refractivity contribution in [1.82, 2.24) is 9.55 Å². The molecule has 0 aliphatic rings. The molecule has 0 saturated carbocycles. The van der Waals surface area contributed by atoms with Crippen molar-refractivity contribution in [2.24, 2.45) is 7.05 Å². The summed E-state index contributed by atoms with van der Waals surface area (Å²) in [6.07, 6.45) is 3.59. The summed E-state index contributed by atoms with van der Waals surface area (Å²) in [5.74, 6) is -0.0478. The molecule has 1 aromatic heterocycles. The number of aromatic nitrogens is 2. The average molecular weight is 313 g/mol. The van der Waals surface area contributed by atoms with E-state index < -0.39 is 0 Å². The molecule has 23 heavy (non-hydrogen) atoms. The fourth-order valence-electron chi connectivity index (χ4n) is 2.98. The monoisotopic (exact) mass is 313 g/mol. The number of carbonyl (C=O) groups is 2. The predicted molar refractivity (Wildman–Crippen MR) is 90.7 cm³/mol. The number of rotatable bonds is 5. The first kappa shape index (κ1) is 16.9. The van der Waals surface area contributed by atoms with Crippen LogP contribution in [0, 0.1) is 6.92 Å². The van der Waals surface area contributed by atoms with Gasteiger partial charge in [0.15, 0.2) is 0 Å². The molecular weight excluding hydrogens is 290 g/mol. The molecule has 0 aliphatic carbocycles. The first-order valence-electron chi connectivity index (χ1n) is 7.59. The number of imidazole rings is 1. The molecule has 0 saturated heterocycles. The van der Waals surface area contributed by atoms with Gasteiger partial charge in [-0.2, -0.15) is 0 Å². The Morgan fingerprint density at radius 3 is 2.57 bits per heavy atom. The molecule has 1 aromatic carbocycles. The number of anilines is 1. The van der Waals surface area contributed by atoms with Gasteiger partial charge in [0.1, 0.15) is 11.5 Å². The Kier molecular flexibility index (Phi) is 4.68. The second-order valence-electron chi connectivity index (χ2n) is 6.58. The Hall–Kier alpha value is -2.43. The number of hydrogen-bond acceptors (Lipinski definition) is 3. The molecule has 2 aromatic rings. The van der Waals surface area contributed by atoms with Crippen LogP contribution in [0.25, 0.3) is 0 Å². The van der Waals surface area contributed by atoms with Crippen LogP contribution in [0.2, 0.25) is 0 Å². The minimum atomic E-state index is -0.275. The lowest BCUT2D eigenvalue weighted by molar-refractivity contribution is -0.118. The number of nitrogens with one attached hydrogen (secondary N) is 1. The van der Waals surface area contributed by atoms with Crippen LogP contribution in [-0.4, -0.2) is 21.2 Å². The van der Waals surface area contributed by atoms with Crippen LogP contribution in [0.4, 0.5) is 5.69 Å². The van der Waals surface area contributed by atoms with Crippen LogP contribution in [0.3, 0.4) is 0 Å². The smallest absolute Gasteiger partial charge is 0.273 e. The molecule has 0 unspecified atom stereocenters. The number of carbonyl (C=O) groups excluding carboxylic acids is 2. The normalized spacial score (nSPS) is 11.3. The molecule has 0 atom stereocenters. The topological polar surface area (TPSA) is 64.0 Å². The van der Waals surface area contributed by atoms with Gasteiger partial charge in [-0.1, -0.05) is 26.0 Å². The Morgan fingerprint density at radius 1 is 1.30 bits per heavy atom. The molecule has 0 fully saturated rings. The highest BCUT2D eigenvalue weighted by Gasteiger charge is 2.25. The zero-order chi connectivity index (χ0) is 17.2. The molecular formula is C18H23N3O2. The van der Waals surface area contributed by atoms with Gasteiger partial charge in [0, 0.05) is 19.2 Å². The van der Waals surface area contributed by atoms with Crippen molar-refractivity contribution in [1.29, 1.82) is 0 Å². The maximum absolute atomic E-state index is 12.4. The fourth-order valence-corrected chi connectivity index (χ4v) is 2.98. The molecule has 2 rings (SSSR count). The van der Waals surface area contributed by atoms with Gasteiger partial charge in [-0.15, -0.1) is 0 Å². The zero-order valence-electron chi connectivity index (χ0n) is 14.3. The van der Waals surface area contributed by atoms with Crippen LogP contribution in [0.15, 0.2) is 30.7 Å². The van der Waals surface area contributed by atoms with Gasteiger partial charge in [0.25, 0.3) is 5.91 Å². The summed E-state index contributed by atoms with van der Waals surface area (Å²) in [7, 11) is 1.78. The molecule has 1 amide bonds. The van der Waals surface area contributed by atoms with Gasteiger partial charge in [0.2, 0.25) is 0 Å². The number of ketones is 1. The predicted octanol–water partition coefficient (Wildman–Crippen LogP) is 3.24. The van der Waals surface area contributed by atoms with Crippen molar-refractivity contribution < 1.29 is 9.59 Å². The van der Waals surface area contributed by atoms with Crippen LogP contribution in [-0.2, 0) is 17.3 Å². The number of Topliss-reactive ketones (excluding diaryl/α,β-unsaturated/α-hetero) is 1. The zero-order valence-corrected chi connectivity index (χ0v) is 14.3. The maximum Gasteiger partial charge on any atom is 0.273 e. The summed E-state index contributed by atoms with van der Waals surface area (Å²) < 4.78 is 1.67. The lowest BCUT2D eigenvalue weighted by Crippen LogP contribution is -2.23. The van der Waals surface area contributed by atoms with Gasteiger partial charge in [-0.3, -0.25) is 9.59 Å². The van der Waals surface area contributed by atoms with E-state index in [1.54, 1.807) is 24.9 Å². The summed E-state index contributed by atoms with van der Waals surface area (Å²) in [5.41, 5.74) is 3.02. The Morgan fingerprint density at radius 2 is 2.00 bits per heavy atom. The van der Waals surface area contributed by atoms with E-state index in [0.717, 1.165) is 16.8 Å². The third-order valence-electron chi connectivity index (χ3n) is 4.05. The van der Waals surface area contributed by atoms with Crippen molar-refractivity contribution >= 4 is 17.4 Å². The first-order valence-corrected chi connectivity index (χ1v) is 7.59. The second-order valence-corrected chi connectivity index (χ2v) is 6.58. The van der Waals surface area contributed by atoms with Crippen molar-refractivity contribution in [3.05, 3.63) is 47.5 Å². The molecule has 122 valence electrons. The highest BCUT2D eigenvalue weighted by molar-refractivity contribution is 6.03. The Balaban J connectivity index is 2.32. The van der Waals surface area contributed by atoms with E-state index in [-0.39, 0.29) is 17.1 Å². The van der Waals surface area contributed by atoms with E-state index >= 15 is 0 Å². The molecule has 0 aliphatic heterocycles. The van der Waals surface area contributed by atoms with Gasteiger partial charge >= 0.3 is 0 Å². The van der Waals surface area contributed by atoms with Gasteiger partial charge in [-0.05, 0) is 36.5 Å². The van der Waals surface area contributed by atoms with Crippen LogP contribution in [0.5, 0.6) is 0 Å². The van der Waals surface area contributed by atoms with Crippen LogP contribution < -0.4 is 5.32 Å². The summed E-state index contributed by atoms with van der Waals surface area (Å²) >= 11 is 0. The summed E-state index contributed by atoms with van der Waals surface area (Å²) in [5, 5.41) is 2.93. The second kappa shape index (κ2) is 6.36. The van der Waals surface area contributed by atoms with Gasteiger partial charge in [-0.25, -0.2) is 4.98 Å². The molecule has 5 nitrogen and oxygen atoms in total. The van der Waals surface area contributed by atoms with E-state index in [2.05, 4.69) is 10.3 Å². The molecule has 1 heterocycles. The molecule has 0 spiro atoms. The number of aryl methyl sites for hydroxylation is 1. The highest BCUT2D eigenvalue weighted by atomic mass is 16.2. The summed E-state index contributed by atoms with van der Waals surface area (Å²) in [6.45, 7) is 7.66. The maximum atomic E-state index is 12.4. The van der Waals surface area contributed by atoms with E-state index in [9.17, 15) is 9.59 Å². The van der Waals surface area contributed by atoms with Crippen LogP contribution in [0.1, 0.15) is 48.8 Å².